The third-order valence-corrected chi connectivity index (χ3v) is 5.45. The molecule has 1 aliphatic carbocycles. The van der Waals surface area contributed by atoms with Gasteiger partial charge >= 0.3 is 0 Å². The van der Waals surface area contributed by atoms with Gasteiger partial charge in [-0.1, -0.05) is 6.07 Å². The summed E-state index contributed by atoms with van der Waals surface area (Å²) >= 11 is 1.92. The van der Waals surface area contributed by atoms with Gasteiger partial charge in [0.1, 0.15) is 6.10 Å². The Balaban J connectivity index is 1.86. The van der Waals surface area contributed by atoms with Gasteiger partial charge in [0.15, 0.2) is 11.5 Å². The topological polar surface area (TPSA) is 47.9 Å². The van der Waals surface area contributed by atoms with Crippen molar-refractivity contribution in [2.45, 2.75) is 37.3 Å². The Hall–Kier alpha value is -1.45. The number of isocyanates is 1. The van der Waals surface area contributed by atoms with Gasteiger partial charge in [0.25, 0.3) is 0 Å². The van der Waals surface area contributed by atoms with E-state index in [0.29, 0.717) is 0 Å². The molecule has 2 aliphatic rings. The fraction of sp³-hybridized carbons (Fsp3) is 0.562. The van der Waals surface area contributed by atoms with Crippen molar-refractivity contribution in [1.29, 1.82) is 0 Å². The van der Waals surface area contributed by atoms with E-state index >= 15 is 0 Å². The van der Waals surface area contributed by atoms with Crippen LogP contribution in [0.5, 0.6) is 11.5 Å². The summed E-state index contributed by atoms with van der Waals surface area (Å²) in [5.74, 6) is 3.68. The van der Waals surface area contributed by atoms with Crippen LogP contribution in [0.3, 0.4) is 0 Å². The van der Waals surface area contributed by atoms with Crippen molar-refractivity contribution >= 4 is 17.8 Å². The van der Waals surface area contributed by atoms with Crippen LogP contribution < -0.4 is 9.47 Å². The van der Waals surface area contributed by atoms with Crippen molar-refractivity contribution in [3.05, 3.63) is 23.8 Å². The molecule has 2 fully saturated rings. The number of nitrogens with zero attached hydrogens (tertiary/aromatic N) is 1. The molecule has 1 aromatic carbocycles. The maximum absolute atomic E-state index is 10.7. The molecule has 0 aromatic heterocycles. The maximum atomic E-state index is 10.7. The van der Waals surface area contributed by atoms with Crippen LogP contribution in [0.4, 0.5) is 0 Å². The van der Waals surface area contributed by atoms with E-state index in [1.807, 2.05) is 30.0 Å². The number of thioether (sulfide) groups is 1. The number of ether oxygens (including phenoxy) is 2. The fourth-order valence-corrected chi connectivity index (χ4v) is 4.00. The van der Waals surface area contributed by atoms with E-state index < -0.39 is 5.54 Å². The van der Waals surface area contributed by atoms with Gasteiger partial charge in [-0.05, 0) is 49.1 Å². The lowest BCUT2D eigenvalue weighted by Gasteiger charge is -2.37. The molecule has 21 heavy (non-hydrogen) atoms. The second-order valence-electron chi connectivity index (χ2n) is 5.56. The summed E-state index contributed by atoms with van der Waals surface area (Å²) in [6.45, 7) is 0. The first kappa shape index (κ1) is 14.5. The first-order chi connectivity index (χ1) is 10.3. The summed E-state index contributed by atoms with van der Waals surface area (Å²) in [6.07, 6.45) is 5.94. The highest BCUT2D eigenvalue weighted by molar-refractivity contribution is 7.99. The van der Waals surface area contributed by atoms with Gasteiger partial charge in [-0.25, -0.2) is 4.79 Å². The van der Waals surface area contributed by atoms with Crippen molar-refractivity contribution in [1.82, 2.24) is 0 Å². The maximum Gasteiger partial charge on any atom is 0.235 e. The van der Waals surface area contributed by atoms with E-state index in [-0.39, 0.29) is 6.10 Å². The average molecular weight is 305 g/mol. The minimum Gasteiger partial charge on any atom is -0.493 e. The predicted molar refractivity (Wildman–Crippen MR) is 83.0 cm³/mol. The van der Waals surface area contributed by atoms with Gasteiger partial charge in [-0.15, -0.1) is 0 Å². The largest absolute Gasteiger partial charge is 0.493 e. The first-order valence-corrected chi connectivity index (χ1v) is 8.45. The molecule has 0 spiro atoms. The zero-order valence-electron chi connectivity index (χ0n) is 12.1. The number of aliphatic imine (C=N–C) groups is 1. The molecule has 1 unspecified atom stereocenters. The van der Waals surface area contributed by atoms with Gasteiger partial charge in [0.2, 0.25) is 6.08 Å². The molecule has 0 N–H and O–H groups in total. The van der Waals surface area contributed by atoms with Crippen LogP contribution in [0.2, 0.25) is 0 Å². The lowest BCUT2D eigenvalue weighted by molar-refractivity contribution is 0.217. The Morgan fingerprint density at radius 3 is 2.81 bits per heavy atom. The molecule has 0 radical (unpaired) electrons. The van der Waals surface area contributed by atoms with Crippen molar-refractivity contribution in [2.24, 2.45) is 4.99 Å². The number of hydrogen-bond acceptors (Lipinski definition) is 5. The lowest BCUT2D eigenvalue weighted by Crippen LogP contribution is -2.31. The first-order valence-electron chi connectivity index (χ1n) is 7.29. The second kappa shape index (κ2) is 6.12. The number of rotatable bonds is 5. The number of benzene rings is 1. The Labute approximate surface area is 128 Å². The van der Waals surface area contributed by atoms with Crippen molar-refractivity contribution < 1.29 is 14.3 Å². The molecule has 3 rings (SSSR count). The Morgan fingerprint density at radius 2 is 2.24 bits per heavy atom. The van der Waals surface area contributed by atoms with Crippen LogP contribution in [0.25, 0.3) is 0 Å². The molecule has 5 heteroatoms. The smallest absolute Gasteiger partial charge is 0.235 e. The summed E-state index contributed by atoms with van der Waals surface area (Å²) in [5, 5.41) is 0. The molecule has 1 heterocycles. The molecule has 1 saturated heterocycles. The number of carbonyl (C=O) groups excluding carboxylic acids is 1. The molecule has 1 saturated carbocycles. The summed E-state index contributed by atoms with van der Waals surface area (Å²) < 4.78 is 11.5. The van der Waals surface area contributed by atoms with Crippen LogP contribution in [-0.4, -0.2) is 30.8 Å². The van der Waals surface area contributed by atoms with E-state index in [9.17, 15) is 4.79 Å². The number of methoxy groups -OCH3 is 1. The summed E-state index contributed by atoms with van der Waals surface area (Å²) in [5.41, 5.74) is 0.624. The van der Waals surface area contributed by atoms with E-state index in [1.54, 1.807) is 13.2 Å². The van der Waals surface area contributed by atoms with Crippen LogP contribution >= 0.6 is 11.8 Å². The van der Waals surface area contributed by atoms with Crippen molar-refractivity contribution in [3.63, 3.8) is 0 Å². The third kappa shape index (κ3) is 2.81. The standard InChI is InChI=1S/C16H19NO3S/c1-19-15-9-12(16(17-11-18)6-2-7-16)3-4-14(15)20-13-5-8-21-10-13/h3-4,9,13H,2,5-8,10H2,1H3. The zero-order valence-corrected chi connectivity index (χ0v) is 12.9. The molecule has 1 aliphatic heterocycles. The van der Waals surface area contributed by atoms with Gasteiger partial charge in [-0.3, -0.25) is 0 Å². The van der Waals surface area contributed by atoms with Crippen LogP contribution in [0.15, 0.2) is 23.2 Å². The van der Waals surface area contributed by atoms with Crippen molar-refractivity contribution in [3.8, 4) is 11.5 Å². The van der Waals surface area contributed by atoms with E-state index in [0.717, 1.165) is 54.3 Å². The third-order valence-electron chi connectivity index (χ3n) is 4.32. The monoisotopic (exact) mass is 305 g/mol. The van der Waals surface area contributed by atoms with Gasteiger partial charge in [-0.2, -0.15) is 16.8 Å². The van der Waals surface area contributed by atoms with Gasteiger partial charge in [0, 0.05) is 5.75 Å². The Kier molecular flexibility index (Phi) is 4.22. The highest BCUT2D eigenvalue weighted by Crippen LogP contribution is 2.46. The minimum absolute atomic E-state index is 0.264. The zero-order chi connectivity index (χ0) is 14.7. The van der Waals surface area contributed by atoms with Crippen LogP contribution in [-0.2, 0) is 10.3 Å². The summed E-state index contributed by atoms with van der Waals surface area (Å²) in [4.78, 5) is 14.7. The number of hydrogen-bond donors (Lipinski definition) is 0. The molecule has 0 bridgehead atoms. The molecular weight excluding hydrogens is 286 g/mol. The molecule has 0 amide bonds. The van der Waals surface area contributed by atoms with Crippen LogP contribution in [0, 0.1) is 0 Å². The molecule has 4 nitrogen and oxygen atoms in total. The van der Waals surface area contributed by atoms with E-state index in [1.165, 1.54) is 0 Å². The van der Waals surface area contributed by atoms with Gasteiger partial charge in [0.05, 0.1) is 12.6 Å². The molecule has 1 atom stereocenters. The Morgan fingerprint density at radius 1 is 1.38 bits per heavy atom. The molecule has 112 valence electrons. The average Bonchev–Trinajstić information content (AvgIpc) is 2.96. The Bertz CT molecular complexity index is 559. The normalized spacial score (nSPS) is 23.0. The van der Waals surface area contributed by atoms with E-state index in [4.69, 9.17) is 9.47 Å². The molecular formula is C16H19NO3S. The van der Waals surface area contributed by atoms with Crippen LogP contribution in [0.1, 0.15) is 31.2 Å². The summed E-state index contributed by atoms with van der Waals surface area (Å²) in [7, 11) is 1.64. The molecule has 1 aromatic rings. The predicted octanol–water partition coefficient (Wildman–Crippen LogP) is 3.29. The van der Waals surface area contributed by atoms with Gasteiger partial charge < -0.3 is 9.47 Å². The van der Waals surface area contributed by atoms with Crippen molar-refractivity contribution in [2.75, 3.05) is 18.6 Å². The second-order valence-corrected chi connectivity index (χ2v) is 6.71. The highest BCUT2D eigenvalue weighted by Gasteiger charge is 2.39. The SMILES string of the molecule is COc1cc(C2(N=C=O)CCC2)ccc1OC1CCSC1. The fourth-order valence-electron chi connectivity index (χ4n) is 2.90. The lowest BCUT2D eigenvalue weighted by atomic mass is 9.72. The summed E-state index contributed by atoms with van der Waals surface area (Å²) in [6, 6.07) is 5.90. The highest BCUT2D eigenvalue weighted by atomic mass is 32.2. The quantitative estimate of drug-likeness (QED) is 0.618. The van der Waals surface area contributed by atoms with E-state index in [2.05, 4.69) is 4.99 Å². The minimum atomic E-state index is -0.392.